The first-order valence-corrected chi connectivity index (χ1v) is 7.86. The third kappa shape index (κ3) is 3.26. The van der Waals surface area contributed by atoms with Gasteiger partial charge in [-0.25, -0.2) is 4.68 Å². The standard InChI is InChI=1S/C18H17ClN4O/c1-12-6-5-7-14(10-12)23-18(24)15(13(2)22-23)11-20-21-17-9-4-3-8-16(17)19/h3-11,21-22H,1-2H3. The van der Waals surface area contributed by atoms with Crippen molar-refractivity contribution in [3.63, 3.8) is 0 Å². The van der Waals surface area contributed by atoms with Gasteiger partial charge in [-0.05, 0) is 43.7 Å². The molecule has 24 heavy (non-hydrogen) atoms. The molecule has 6 heteroatoms. The van der Waals surface area contributed by atoms with Crippen molar-refractivity contribution < 1.29 is 0 Å². The van der Waals surface area contributed by atoms with E-state index in [1.807, 2.05) is 56.3 Å². The van der Waals surface area contributed by atoms with E-state index in [9.17, 15) is 4.79 Å². The molecule has 0 aliphatic heterocycles. The highest BCUT2D eigenvalue weighted by atomic mass is 35.5. The zero-order chi connectivity index (χ0) is 17.1. The van der Waals surface area contributed by atoms with Gasteiger partial charge in [0, 0.05) is 5.69 Å². The van der Waals surface area contributed by atoms with Gasteiger partial charge in [-0.3, -0.25) is 15.3 Å². The van der Waals surface area contributed by atoms with Gasteiger partial charge in [0.2, 0.25) is 0 Å². The molecule has 0 fully saturated rings. The van der Waals surface area contributed by atoms with Gasteiger partial charge in [-0.15, -0.1) is 0 Å². The highest BCUT2D eigenvalue weighted by Gasteiger charge is 2.10. The maximum Gasteiger partial charge on any atom is 0.280 e. The average Bonchev–Trinajstić information content (AvgIpc) is 2.84. The molecule has 0 saturated carbocycles. The first-order chi connectivity index (χ1) is 11.6. The SMILES string of the molecule is Cc1cccc(-n2[nH]c(C)c(C=NNc3ccccc3Cl)c2=O)c1. The smallest absolute Gasteiger partial charge is 0.280 e. The number of hydrazone groups is 1. The van der Waals surface area contributed by atoms with E-state index in [0.29, 0.717) is 16.3 Å². The lowest BCUT2D eigenvalue weighted by molar-refractivity contribution is 0.834. The second-order valence-corrected chi connectivity index (χ2v) is 5.89. The molecule has 1 aromatic heterocycles. The van der Waals surface area contributed by atoms with E-state index in [-0.39, 0.29) is 5.56 Å². The molecule has 0 bridgehead atoms. The fourth-order valence-corrected chi connectivity index (χ4v) is 2.56. The highest BCUT2D eigenvalue weighted by molar-refractivity contribution is 6.33. The predicted molar refractivity (Wildman–Crippen MR) is 98.5 cm³/mol. The number of H-pyrrole nitrogens is 1. The molecule has 0 radical (unpaired) electrons. The Morgan fingerprint density at radius 3 is 2.71 bits per heavy atom. The Kier molecular flexibility index (Phi) is 4.53. The number of hydrogen-bond acceptors (Lipinski definition) is 3. The summed E-state index contributed by atoms with van der Waals surface area (Å²) in [6.45, 7) is 3.82. The number of hydrogen-bond donors (Lipinski definition) is 2. The van der Waals surface area contributed by atoms with Crippen LogP contribution in [0.25, 0.3) is 5.69 Å². The lowest BCUT2D eigenvalue weighted by atomic mass is 10.2. The monoisotopic (exact) mass is 340 g/mol. The van der Waals surface area contributed by atoms with Gasteiger partial charge >= 0.3 is 0 Å². The fourth-order valence-electron chi connectivity index (χ4n) is 2.38. The molecule has 0 amide bonds. The molecule has 2 aromatic carbocycles. The Bertz CT molecular complexity index is 956. The van der Waals surface area contributed by atoms with Crippen LogP contribution in [0.5, 0.6) is 0 Å². The van der Waals surface area contributed by atoms with Crippen LogP contribution in [0.4, 0.5) is 5.69 Å². The number of nitrogens with zero attached hydrogens (tertiary/aromatic N) is 2. The fraction of sp³-hybridized carbons (Fsp3) is 0.111. The number of nitrogens with one attached hydrogen (secondary N) is 2. The minimum absolute atomic E-state index is 0.150. The number of anilines is 1. The Balaban J connectivity index is 1.89. The molecule has 0 unspecified atom stereocenters. The number of halogens is 1. The molecule has 5 nitrogen and oxygen atoms in total. The van der Waals surface area contributed by atoms with Crippen LogP contribution in [0.1, 0.15) is 16.8 Å². The second kappa shape index (κ2) is 6.76. The maximum absolute atomic E-state index is 12.6. The molecule has 0 spiro atoms. The number of benzene rings is 2. The molecule has 3 aromatic rings. The Hall–Kier alpha value is -2.79. The molecule has 2 N–H and O–H groups in total. The van der Waals surface area contributed by atoms with Crippen molar-refractivity contribution >= 4 is 23.5 Å². The summed E-state index contributed by atoms with van der Waals surface area (Å²) in [6, 6.07) is 15.0. The van der Waals surface area contributed by atoms with E-state index in [1.165, 1.54) is 10.9 Å². The van der Waals surface area contributed by atoms with Crippen molar-refractivity contribution in [2.24, 2.45) is 5.10 Å². The summed E-state index contributed by atoms with van der Waals surface area (Å²) in [5.41, 5.74) is 6.50. The van der Waals surface area contributed by atoms with Crippen LogP contribution in [-0.2, 0) is 0 Å². The van der Waals surface area contributed by atoms with Gasteiger partial charge in [-0.1, -0.05) is 35.9 Å². The van der Waals surface area contributed by atoms with E-state index >= 15 is 0 Å². The topological polar surface area (TPSA) is 62.2 Å². The number of rotatable bonds is 4. The zero-order valence-corrected chi connectivity index (χ0v) is 14.1. The zero-order valence-electron chi connectivity index (χ0n) is 13.4. The van der Waals surface area contributed by atoms with E-state index in [1.54, 1.807) is 6.07 Å². The summed E-state index contributed by atoms with van der Waals surface area (Å²) in [7, 11) is 0. The minimum Gasteiger partial charge on any atom is -0.295 e. The van der Waals surface area contributed by atoms with Gasteiger partial charge < -0.3 is 0 Å². The highest BCUT2D eigenvalue weighted by Crippen LogP contribution is 2.20. The van der Waals surface area contributed by atoms with Crippen LogP contribution in [0.15, 0.2) is 58.4 Å². The van der Waals surface area contributed by atoms with Crippen LogP contribution in [0, 0.1) is 13.8 Å². The van der Waals surface area contributed by atoms with Gasteiger partial charge in [0.25, 0.3) is 5.56 Å². The number of aromatic amines is 1. The number of aryl methyl sites for hydroxylation is 2. The molecule has 122 valence electrons. The van der Waals surface area contributed by atoms with Crippen LogP contribution in [-0.4, -0.2) is 16.0 Å². The molecular weight excluding hydrogens is 324 g/mol. The van der Waals surface area contributed by atoms with E-state index in [4.69, 9.17) is 11.6 Å². The Morgan fingerprint density at radius 1 is 1.17 bits per heavy atom. The average molecular weight is 341 g/mol. The lowest BCUT2D eigenvalue weighted by Gasteiger charge is -2.02. The van der Waals surface area contributed by atoms with Crippen molar-refractivity contribution in [3.8, 4) is 5.69 Å². The third-order valence-corrected chi connectivity index (χ3v) is 3.96. The normalized spacial score (nSPS) is 11.1. The maximum atomic E-state index is 12.6. The van der Waals surface area contributed by atoms with Gasteiger partial charge in [0.1, 0.15) is 0 Å². The van der Waals surface area contributed by atoms with Crippen LogP contribution in [0.3, 0.4) is 0 Å². The summed E-state index contributed by atoms with van der Waals surface area (Å²) in [5, 5.41) is 7.77. The van der Waals surface area contributed by atoms with Crippen LogP contribution in [0.2, 0.25) is 5.02 Å². The van der Waals surface area contributed by atoms with Crippen molar-refractivity contribution in [2.75, 3.05) is 5.43 Å². The lowest BCUT2D eigenvalue weighted by Crippen LogP contribution is -2.17. The van der Waals surface area contributed by atoms with E-state index in [2.05, 4.69) is 15.6 Å². The van der Waals surface area contributed by atoms with Crippen LogP contribution < -0.4 is 11.0 Å². The summed E-state index contributed by atoms with van der Waals surface area (Å²) in [4.78, 5) is 12.6. The van der Waals surface area contributed by atoms with Gasteiger partial charge in [0.15, 0.2) is 0 Å². The van der Waals surface area contributed by atoms with E-state index in [0.717, 1.165) is 16.9 Å². The summed E-state index contributed by atoms with van der Waals surface area (Å²) in [6.07, 6.45) is 1.50. The molecule has 0 aliphatic carbocycles. The molecule has 0 aliphatic rings. The number of para-hydroxylation sites is 1. The second-order valence-electron chi connectivity index (χ2n) is 5.48. The summed E-state index contributed by atoms with van der Waals surface area (Å²) >= 11 is 6.06. The van der Waals surface area contributed by atoms with Crippen molar-refractivity contribution in [1.29, 1.82) is 0 Å². The summed E-state index contributed by atoms with van der Waals surface area (Å²) < 4.78 is 1.51. The minimum atomic E-state index is -0.150. The molecule has 0 atom stereocenters. The van der Waals surface area contributed by atoms with Gasteiger partial charge in [0.05, 0.1) is 28.2 Å². The van der Waals surface area contributed by atoms with Gasteiger partial charge in [-0.2, -0.15) is 5.10 Å². The van der Waals surface area contributed by atoms with Crippen LogP contribution >= 0.6 is 11.6 Å². The summed E-state index contributed by atoms with van der Waals surface area (Å²) in [5.74, 6) is 0. The first kappa shape index (κ1) is 16.1. The third-order valence-electron chi connectivity index (χ3n) is 3.63. The van der Waals surface area contributed by atoms with Crippen molar-refractivity contribution in [3.05, 3.63) is 80.7 Å². The van der Waals surface area contributed by atoms with E-state index < -0.39 is 0 Å². The molecule has 3 rings (SSSR count). The quantitative estimate of drug-likeness (QED) is 0.559. The molecule has 0 saturated heterocycles. The Labute approximate surface area is 144 Å². The molecular formula is C18H17ClN4O. The Morgan fingerprint density at radius 2 is 1.96 bits per heavy atom. The predicted octanol–water partition coefficient (Wildman–Crippen LogP) is 3.88. The van der Waals surface area contributed by atoms with Crippen molar-refractivity contribution in [1.82, 2.24) is 9.78 Å². The number of aromatic nitrogens is 2. The first-order valence-electron chi connectivity index (χ1n) is 7.48. The molecule has 1 heterocycles. The van der Waals surface area contributed by atoms with Crippen molar-refractivity contribution in [2.45, 2.75) is 13.8 Å². The largest absolute Gasteiger partial charge is 0.295 e.